The molecule has 10 nitrogen and oxygen atoms in total. The van der Waals surface area contributed by atoms with Gasteiger partial charge in [-0.2, -0.15) is 5.10 Å². The Hall–Kier alpha value is -3.36. The van der Waals surface area contributed by atoms with Gasteiger partial charge in [0.2, 0.25) is 10.0 Å². The van der Waals surface area contributed by atoms with E-state index in [0.29, 0.717) is 35.5 Å². The molecule has 8 rings (SSSR count). The highest BCUT2D eigenvalue weighted by molar-refractivity contribution is 7.99. The number of carbonyl (C=O) groups is 1. The summed E-state index contributed by atoms with van der Waals surface area (Å²) in [6.45, 7) is 4.25. The van der Waals surface area contributed by atoms with E-state index in [9.17, 15) is 27.8 Å². The first-order valence-electron chi connectivity index (χ1n) is 16.7. The fraction of sp³-hybridized carbons (Fsp3) is 0.472. The molecule has 4 N–H and O–H groups in total. The van der Waals surface area contributed by atoms with Crippen molar-refractivity contribution >= 4 is 44.7 Å². The van der Waals surface area contributed by atoms with Gasteiger partial charge < -0.3 is 14.8 Å². The number of aryl methyl sites for hydroxylation is 1. The number of nitrogens with two attached hydrogens (primary N) is 1. The van der Waals surface area contributed by atoms with Crippen LogP contribution in [0.4, 0.5) is 4.39 Å². The van der Waals surface area contributed by atoms with Crippen LogP contribution in [0.2, 0.25) is 0 Å². The van der Waals surface area contributed by atoms with Gasteiger partial charge in [0.1, 0.15) is 11.4 Å². The van der Waals surface area contributed by atoms with Gasteiger partial charge >= 0.3 is 0 Å². The molecule has 2 aromatic carbocycles. The standard InChI is InChI=1S/C36H40FN5O5S2/c1-34-16-20-18-39-42(23-7-5-22(37)6-8-23)29(20)14-21(34)4-10-25-26-12-13-36(45,35(26,2)17-30(43)32(25)34)31(44)19-48-33-40-27-15-24(49(38,46)47)9-11-28(27)41(33)3/h5-9,11,14-15,18,25-26,30,32,43,45H,4,10,12-13,16-17,19H2,1-3H3,(H2,38,46,47)/t25?,26?,30-,32?,34?,35?,36-/m0/s1. The SMILES string of the molecule is Cn1c(SCC(=O)[C@@]2(O)CCC3C4CCC5=Cc6c(cnn6-c6ccc(F)cc6)CC5(C)C4[C@@H](O)CC32C)nc2cc(S(N)(=O)=O)ccc21. The van der Waals surface area contributed by atoms with Crippen molar-refractivity contribution < 1.29 is 27.8 Å². The number of benzene rings is 2. The van der Waals surface area contributed by atoms with Crippen molar-refractivity contribution in [2.75, 3.05) is 5.75 Å². The number of hydrogen-bond acceptors (Lipinski definition) is 8. The molecule has 3 fully saturated rings. The van der Waals surface area contributed by atoms with Crippen LogP contribution in [-0.4, -0.2) is 61.2 Å². The molecule has 4 aromatic rings. The number of Topliss-reactive ketones (excluding diaryl/α,β-unsaturated/α-hetero) is 1. The fourth-order valence-electron chi connectivity index (χ4n) is 10.1. The zero-order valence-electron chi connectivity index (χ0n) is 27.6. The zero-order chi connectivity index (χ0) is 34.7. The number of imidazole rings is 1. The molecule has 49 heavy (non-hydrogen) atoms. The van der Waals surface area contributed by atoms with Crippen molar-refractivity contribution in [2.24, 2.45) is 40.8 Å². The topological polar surface area (TPSA) is 153 Å². The molecule has 4 aliphatic carbocycles. The van der Waals surface area contributed by atoms with E-state index in [1.165, 1.54) is 41.6 Å². The van der Waals surface area contributed by atoms with Gasteiger partial charge in [0.25, 0.3) is 0 Å². The lowest BCUT2D eigenvalue weighted by atomic mass is 9.45. The number of aromatic nitrogens is 4. The van der Waals surface area contributed by atoms with Gasteiger partial charge in [0.15, 0.2) is 10.9 Å². The minimum atomic E-state index is -3.89. The maximum Gasteiger partial charge on any atom is 0.238 e. The fourth-order valence-corrected chi connectivity index (χ4v) is 11.6. The molecule has 5 unspecified atom stereocenters. The first-order chi connectivity index (χ1) is 23.1. The monoisotopic (exact) mass is 705 g/mol. The normalized spacial score (nSPS) is 32.3. The highest BCUT2D eigenvalue weighted by Gasteiger charge is 2.68. The minimum absolute atomic E-state index is 0.00632. The summed E-state index contributed by atoms with van der Waals surface area (Å²) in [5, 5.41) is 34.8. The summed E-state index contributed by atoms with van der Waals surface area (Å²) >= 11 is 1.22. The van der Waals surface area contributed by atoms with Gasteiger partial charge in [-0.3, -0.25) is 4.79 Å². The van der Waals surface area contributed by atoms with Crippen LogP contribution in [0, 0.1) is 34.4 Å². The summed E-state index contributed by atoms with van der Waals surface area (Å²) in [6.07, 6.45) is 7.23. The molecule has 258 valence electrons. The Morgan fingerprint density at radius 1 is 1.16 bits per heavy atom. The summed E-state index contributed by atoms with van der Waals surface area (Å²) in [4.78, 5) is 18.5. The van der Waals surface area contributed by atoms with Crippen LogP contribution in [0.1, 0.15) is 57.2 Å². The van der Waals surface area contributed by atoms with Crippen molar-refractivity contribution in [1.82, 2.24) is 19.3 Å². The Kier molecular flexibility index (Phi) is 7.41. The van der Waals surface area contributed by atoms with Gasteiger partial charge in [-0.1, -0.05) is 31.2 Å². The molecule has 0 bridgehead atoms. The Morgan fingerprint density at radius 2 is 1.92 bits per heavy atom. The van der Waals surface area contributed by atoms with Gasteiger partial charge in [-0.15, -0.1) is 0 Å². The summed E-state index contributed by atoms with van der Waals surface area (Å²) in [5.74, 6) is -0.379. The second kappa shape index (κ2) is 11.1. The number of hydrogen-bond donors (Lipinski definition) is 3. The number of nitrogens with zero attached hydrogens (tertiary/aromatic N) is 4. The smallest absolute Gasteiger partial charge is 0.238 e. The van der Waals surface area contributed by atoms with Crippen molar-refractivity contribution in [2.45, 2.75) is 74.1 Å². The van der Waals surface area contributed by atoms with Crippen LogP contribution in [0.15, 0.2) is 64.3 Å². The Morgan fingerprint density at radius 3 is 2.65 bits per heavy atom. The van der Waals surface area contributed by atoms with E-state index < -0.39 is 27.1 Å². The zero-order valence-corrected chi connectivity index (χ0v) is 29.3. The maximum atomic E-state index is 14.0. The quantitative estimate of drug-likeness (QED) is 0.242. The molecule has 0 aliphatic heterocycles. The average molecular weight is 706 g/mol. The number of rotatable bonds is 6. The number of sulfonamides is 1. The second-order valence-electron chi connectivity index (χ2n) is 15.0. The number of allylic oxidation sites excluding steroid dienone is 1. The van der Waals surface area contributed by atoms with Crippen molar-refractivity contribution in [3.63, 3.8) is 0 Å². The van der Waals surface area contributed by atoms with E-state index >= 15 is 0 Å². The van der Waals surface area contributed by atoms with E-state index in [1.54, 1.807) is 29.8 Å². The lowest BCUT2D eigenvalue weighted by Gasteiger charge is -2.60. The van der Waals surface area contributed by atoms with Gasteiger partial charge in [-0.25, -0.2) is 27.6 Å². The number of primary sulfonamides is 1. The minimum Gasteiger partial charge on any atom is -0.393 e. The van der Waals surface area contributed by atoms with Crippen molar-refractivity contribution in [3.8, 4) is 5.69 Å². The number of aliphatic hydroxyl groups is 2. The number of carbonyl (C=O) groups excluding carboxylic acids is 1. The van der Waals surface area contributed by atoms with Crippen LogP contribution in [-0.2, 0) is 28.3 Å². The predicted octanol–water partition coefficient (Wildman–Crippen LogP) is 4.79. The van der Waals surface area contributed by atoms with Crippen LogP contribution in [0.25, 0.3) is 22.8 Å². The molecule has 0 amide bonds. The first-order valence-corrected chi connectivity index (χ1v) is 19.3. The first kappa shape index (κ1) is 32.8. The third-order valence-electron chi connectivity index (χ3n) is 12.6. The molecule has 0 radical (unpaired) electrons. The highest BCUT2D eigenvalue weighted by atomic mass is 32.2. The lowest BCUT2D eigenvalue weighted by molar-refractivity contribution is -0.177. The van der Waals surface area contributed by atoms with Gasteiger partial charge in [0, 0.05) is 12.5 Å². The number of thioether (sulfide) groups is 1. The van der Waals surface area contributed by atoms with Crippen LogP contribution in [0.3, 0.4) is 0 Å². The van der Waals surface area contributed by atoms with Gasteiger partial charge in [-0.05, 0) is 116 Å². The molecule has 0 saturated heterocycles. The van der Waals surface area contributed by atoms with Gasteiger partial charge in [0.05, 0.1) is 45.4 Å². The molecule has 13 heteroatoms. The molecule has 2 aromatic heterocycles. The second-order valence-corrected chi connectivity index (χ2v) is 17.5. The Bertz CT molecular complexity index is 2160. The maximum absolute atomic E-state index is 14.0. The Balaban J connectivity index is 1.03. The van der Waals surface area contributed by atoms with Crippen LogP contribution >= 0.6 is 11.8 Å². The molecular formula is C36H40FN5O5S2. The predicted molar refractivity (Wildman–Crippen MR) is 184 cm³/mol. The molecule has 4 aliphatic rings. The summed E-state index contributed by atoms with van der Waals surface area (Å²) in [5.41, 5.74) is 2.66. The summed E-state index contributed by atoms with van der Waals surface area (Å²) in [6, 6.07) is 10.8. The molecule has 2 heterocycles. The number of halogens is 1. The third kappa shape index (κ3) is 4.83. The molecular weight excluding hydrogens is 666 g/mol. The molecule has 3 saturated carbocycles. The Labute approximate surface area is 288 Å². The van der Waals surface area contributed by atoms with Crippen LogP contribution < -0.4 is 5.14 Å². The third-order valence-corrected chi connectivity index (χ3v) is 14.5. The number of fused-ring (bicyclic) bond motifs is 7. The summed E-state index contributed by atoms with van der Waals surface area (Å²) < 4.78 is 41.0. The highest BCUT2D eigenvalue weighted by Crippen LogP contribution is 2.67. The lowest BCUT2D eigenvalue weighted by Crippen LogP contribution is -2.62. The average Bonchev–Trinajstić information content (AvgIpc) is 3.68. The van der Waals surface area contributed by atoms with E-state index in [4.69, 9.17) is 5.14 Å². The van der Waals surface area contributed by atoms with E-state index in [2.05, 4.69) is 23.1 Å². The summed E-state index contributed by atoms with van der Waals surface area (Å²) in [7, 11) is -2.09. The number of ketones is 1. The number of aliphatic hydroxyl groups excluding tert-OH is 1. The largest absolute Gasteiger partial charge is 0.393 e. The van der Waals surface area contributed by atoms with E-state index in [1.807, 2.05) is 17.8 Å². The van der Waals surface area contributed by atoms with Crippen LogP contribution in [0.5, 0.6) is 0 Å². The van der Waals surface area contributed by atoms with E-state index in [0.717, 1.165) is 36.2 Å². The molecule has 7 atom stereocenters. The molecule has 0 spiro atoms. The van der Waals surface area contributed by atoms with E-state index in [-0.39, 0.29) is 45.4 Å². The van der Waals surface area contributed by atoms with Crippen molar-refractivity contribution in [1.29, 1.82) is 0 Å². The van der Waals surface area contributed by atoms with Crippen molar-refractivity contribution in [3.05, 3.63) is 71.3 Å².